The van der Waals surface area contributed by atoms with Crippen LogP contribution in [0.3, 0.4) is 0 Å². The zero-order chi connectivity index (χ0) is 12.3. The maximum absolute atomic E-state index is 12.2. The van der Waals surface area contributed by atoms with Gasteiger partial charge >= 0.3 is 0 Å². The molecule has 0 radical (unpaired) electrons. The maximum atomic E-state index is 12.2. The summed E-state index contributed by atoms with van der Waals surface area (Å²) in [6, 6.07) is 7.52. The van der Waals surface area contributed by atoms with Gasteiger partial charge in [-0.05, 0) is 30.5 Å². The van der Waals surface area contributed by atoms with E-state index < -0.39 is 0 Å². The van der Waals surface area contributed by atoms with Crippen molar-refractivity contribution in [1.29, 1.82) is 0 Å². The molecule has 0 amide bonds. The van der Waals surface area contributed by atoms with Crippen LogP contribution in [0.5, 0.6) is 0 Å². The van der Waals surface area contributed by atoms with Gasteiger partial charge in [0.2, 0.25) is 0 Å². The molecule has 0 saturated heterocycles. The lowest BCUT2D eigenvalue weighted by molar-refractivity contribution is 0.639. The molecule has 0 fully saturated rings. The third-order valence-corrected chi connectivity index (χ3v) is 2.58. The number of hydrogen-bond acceptors (Lipinski definition) is 2. The van der Waals surface area contributed by atoms with Crippen LogP contribution in [0.4, 0.5) is 0 Å². The Bertz CT molecular complexity index is 544. The van der Waals surface area contributed by atoms with Crippen LogP contribution in [0.1, 0.15) is 19.4 Å². The van der Waals surface area contributed by atoms with Gasteiger partial charge in [-0.25, -0.2) is 0 Å². The average molecular weight is 228 g/mol. The molecular weight excluding hydrogens is 212 g/mol. The van der Waals surface area contributed by atoms with Gasteiger partial charge < -0.3 is 0 Å². The van der Waals surface area contributed by atoms with Crippen molar-refractivity contribution in [3.63, 3.8) is 0 Å². The van der Waals surface area contributed by atoms with Crippen molar-refractivity contribution in [3.8, 4) is 5.69 Å². The molecule has 88 valence electrons. The van der Waals surface area contributed by atoms with E-state index in [2.05, 4.69) is 18.8 Å². The first kappa shape index (κ1) is 11.6. The molecule has 0 aromatic carbocycles. The molecule has 3 nitrogen and oxygen atoms in total. The zero-order valence-corrected chi connectivity index (χ0v) is 10.1. The van der Waals surface area contributed by atoms with Gasteiger partial charge in [0.15, 0.2) is 0 Å². The van der Waals surface area contributed by atoms with Crippen molar-refractivity contribution in [2.24, 2.45) is 5.92 Å². The molecular formula is C14H16N2O. The van der Waals surface area contributed by atoms with Crippen LogP contribution in [0, 0.1) is 5.92 Å². The second-order valence-electron chi connectivity index (χ2n) is 4.52. The molecule has 0 aliphatic heterocycles. The number of nitrogens with zero attached hydrogens (tertiary/aromatic N) is 2. The lowest BCUT2D eigenvalue weighted by Gasteiger charge is -2.08. The zero-order valence-electron chi connectivity index (χ0n) is 10.1. The minimum absolute atomic E-state index is 0.0502. The van der Waals surface area contributed by atoms with E-state index in [1.807, 2.05) is 24.3 Å². The van der Waals surface area contributed by atoms with Gasteiger partial charge in [-0.1, -0.05) is 19.9 Å². The summed E-state index contributed by atoms with van der Waals surface area (Å²) in [5, 5.41) is 0. The minimum atomic E-state index is 0.0502. The number of hydrogen-bond donors (Lipinski definition) is 0. The molecule has 0 spiro atoms. The van der Waals surface area contributed by atoms with Crippen molar-refractivity contribution in [2.45, 2.75) is 20.3 Å². The highest BCUT2D eigenvalue weighted by Crippen LogP contribution is 2.06. The molecule has 2 rings (SSSR count). The molecule has 2 aromatic heterocycles. The monoisotopic (exact) mass is 228 g/mol. The number of rotatable bonds is 3. The fourth-order valence-electron chi connectivity index (χ4n) is 1.83. The molecule has 0 N–H and O–H groups in total. The third-order valence-electron chi connectivity index (χ3n) is 2.58. The molecule has 0 saturated carbocycles. The van der Waals surface area contributed by atoms with Crippen molar-refractivity contribution in [1.82, 2.24) is 9.55 Å². The third kappa shape index (κ3) is 2.61. The first-order valence-electron chi connectivity index (χ1n) is 5.79. The molecule has 17 heavy (non-hydrogen) atoms. The number of aromatic nitrogens is 2. The predicted octanol–water partition coefficient (Wildman–Crippen LogP) is 2.43. The summed E-state index contributed by atoms with van der Waals surface area (Å²) in [7, 11) is 0. The SMILES string of the molecule is CC(C)Cc1cccn(-c2cccnc2)c1=O. The van der Waals surface area contributed by atoms with Gasteiger partial charge in [0.1, 0.15) is 0 Å². The minimum Gasteiger partial charge on any atom is -0.283 e. The van der Waals surface area contributed by atoms with E-state index in [9.17, 15) is 4.79 Å². The van der Waals surface area contributed by atoms with Crippen LogP contribution >= 0.6 is 0 Å². The van der Waals surface area contributed by atoms with Gasteiger partial charge in [0.05, 0.1) is 11.9 Å². The van der Waals surface area contributed by atoms with Crippen molar-refractivity contribution in [2.75, 3.05) is 0 Å². The largest absolute Gasteiger partial charge is 0.283 e. The highest BCUT2D eigenvalue weighted by molar-refractivity contribution is 5.29. The van der Waals surface area contributed by atoms with E-state index >= 15 is 0 Å². The molecule has 0 aliphatic rings. The van der Waals surface area contributed by atoms with Crippen LogP contribution in [-0.2, 0) is 6.42 Å². The van der Waals surface area contributed by atoms with Crippen molar-refractivity contribution >= 4 is 0 Å². The molecule has 0 bridgehead atoms. The first-order valence-corrected chi connectivity index (χ1v) is 5.79. The fraction of sp³-hybridized carbons (Fsp3) is 0.286. The molecule has 0 unspecified atom stereocenters. The van der Waals surface area contributed by atoms with Crippen LogP contribution in [0.25, 0.3) is 5.69 Å². The van der Waals surface area contributed by atoms with E-state index in [1.54, 1.807) is 23.2 Å². The molecule has 2 heterocycles. The summed E-state index contributed by atoms with van der Waals surface area (Å²) >= 11 is 0. The highest BCUT2D eigenvalue weighted by Gasteiger charge is 2.06. The number of pyridine rings is 2. The summed E-state index contributed by atoms with van der Waals surface area (Å²) in [6.45, 7) is 4.22. The smallest absolute Gasteiger partial charge is 0.258 e. The van der Waals surface area contributed by atoms with Gasteiger partial charge in [0.25, 0.3) is 5.56 Å². The van der Waals surface area contributed by atoms with Gasteiger partial charge in [0, 0.05) is 18.0 Å². The average Bonchev–Trinajstić information content (AvgIpc) is 2.32. The summed E-state index contributed by atoms with van der Waals surface area (Å²) in [5.41, 5.74) is 1.71. The summed E-state index contributed by atoms with van der Waals surface area (Å²) in [4.78, 5) is 16.3. The summed E-state index contributed by atoms with van der Waals surface area (Å²) < 4.78 is 1.64. The van der Waals surface area contributed by atoms with Crippen LogP contribution in [-0.4, -0.2) is 9.55 Å². The Morgan fingerprint density at radius 3 is 2.76 bits per heavy atom. The standard InChI is InChI=1S/C14H16N2O/c1-11(2)9-12-5-4-8-16(14(12)17)13-6-3-7-15-10-13/h3-8,10-11H,9H2,1-2H3. The van der Waals surface area contributed by atoms with Crippen LogP contribution in [0.2, 0.25) is 0 Å². The van der Waals surface area contributed by atoms with Gasteiger partial charge in [-0.15, -0.1) is 0 Å². The van der Waals surface area contributed by atoms with E-state index in [0.717, 1.165) is 17.7 Å². The molecule has 3 heteroatoms. The van der Waals surface area contributed by atoms with Gasteiger partial charge in [-0.3, -0.25) is 14.3 Å². The Kier molecular flexibility index (Phi) is 3.38. The van der Waals surface area contributed by atoms with Crippen molar-refractivity contribution in [3.05, 3.63) is 58.8 Å². The predicted molar refractivity (Wildman–Crippen MR) is 68.4 cm³/mol. The van der Waals surface area contributed by atoms with E-state index in [4.69, 9.17) is 0 Å². The highest BCUT2D eigenvalue weighted by atomic mass is 16.1. The summed E-state index contributed by atoms with van der Waals surface area (Å²) in [5.74, 6) is 0.479. The first-order chi connectivity index (χ1) is 8.18. The van der Waals surface area contributed by atoms with Gasteiger partial charge in [-0.2, -0.15) is 0 Å². The van der Waals surface area contributed by atoms with E-state index in [-0.39, 0.29) is 5.56 Å². The fourth-order valence-corrected chi connectivity index (χ4v) is 1.83. The molecule has 2 aromatic rings. The normalized spacial score (nSPS) is 10.8. The Hall–Kier alpha value is -1.90. The van der Waals surface area contributed by atoms with Crippen LogP contribution in [0.15, 0.2) is 47.7 Å². The van der Waals surface area contributed by atoms with Crippen LogP contribution < -0.4 is 5.56 Å². The second kappa shape index (κ2) is 4.95. The molecule has 0 aliphatic carbocycles. The van der Waals surface area contributed by atoms with E-state index in [1.165, 1.54) is 0 Å². The Balaban J connectivity index is 2.47. The van der Waals surface area contributed by atoms with Crippen molar-refractivity contribution < 1.29 is 0 Å². The Morgan fingerprint density at radius 2 is 2.12 bits per heavy atom. The van der Waals surface area contributed by atoms with E-state index in [0.29, 0.717) is 5.92 Å². The molecule has 0 atom stereocenters. The quantitative estimate of drug-likeness (QED) is 0.808. The Labute approximate surface area is 101 Å². The second-order valence-corrected chi connectivity index (χ2v) is 4.52. The maximum Gasteiger partial charge on any atom is 0.258 e. The topological polar surface area (TPSA) is 34.9 Å². The lowest BCUT2D eigenvalue weighted by atomic mass is 10.0. The lowest BCUT2D eigenvalue weighted by Crippen LogP contribution is -2.22. The Morgan fingerprint density at radius 1 is 1.29 bits per heavy atom. The summed E-state index contributed by atoms with van der Waals surface area (Å²) in [6.07, 6.45) is 5.98.